The lowest BCUT2D eigenvalue weighted by atomic mass is 10.1. The molecule has 1 saturated heterocycles. The van der Waals surface area contributed by atoms with E-state index in [4.69, 9.17) is 9.47 Å². The van der Waals surface area contributed by atoms with Gasteiger partial charge in [-0.25, -0.2) is 9.69 Å². The molecule has 0 unspecified atom stereocenters. The molecule has 0 atom stereocenters. The number of aryl methyl sites for hydroxylation is 1. The third-order valence-electron chi connectivity index (χ3n) is 5.61. The zero-order valence-electron chi connectivity index (χ0n) is 20.1. The zero-order valence-corrected chi connectivity index (χ0v) is 22.2. The first-order valence-electron chi connectivity index (χ1n) is 11.4. The molecule has 0 bridgehead atoms. The Kier molecular flexibility index (Phi) is 7.89. The van der Waals surface area contributed by atoms with Gasteiger partial charge in [0.1, 0.15) is 12.2 Å². The highest BCUT2D eigenvalue weighted by molar-refractivity contribution is 14.1. The molecule has 9 heteroatoms. The second kappa shape index (κ2) is 11.3. The number of hydrogen-bond acceptors (Lipinski definition) is 6. The molecule has 37 heavy (non-hydrogen) atoms. The van der Waals surface area contributed by atoms with Crippen LogP contribution in [-0.4, -0.2) is 24.5 Å². The van der Waals surface area contributed by atoms with Crippen LogP contribution in [0.4, 0.5) is 10.5 Å². The molecule has 1 aliphatic rings. The fourth-order valence-corrected chi connectivity index (χ4v) is 4.62. The summed E-state index contributed by atoms with van der Waals surface area (Å²) in [5.41, 5.74) is 2.71. The number of carbonyl (C=O) groups excluding carboxylic acids is 3. The van der Waals surface area contributed by atoms with E-state index in [-0.39, 0.29) is 12.2 Å². The molecule has 0 saturated carbocycles. The van der Waals surface area contributed by atoms with Crippen molar-refractivity contribution in [2.45, 2.75) is 20.5 Å². The highest BCUT2D eigenvalue weighted by Crippen LogP contribution is 2.36. The van der Waals surface area contributed by atoms with Crippen molar-refractivity contribution in [3.05, 3.63) is 92.1 Å². The van der Waals surface area contributed by atoms with Gasteiger partial charge < -0.3 is 9.47 Å². The largest absolute Gasteiger partial charge is 0.490 e. The van der Waals surface area contributed by atoms with E-state index in [2.05, 4.69) is 34.0 Å². The number of ether oxygens (including phenoxy) is 2. The van der Waals surface area contributed by atoms with Gasteiger partial charge >= 0.3 is 6.03 Å². The molecule has 1 N–H and O–H groups in total. The first-order valence-corrected chi connectivity index (χ1v) is 12.5. The molecule has 0 spiro atoms. The molecule has 4 rings (SSSR count). The number of imide groups is 2. The molecular weight excluding hydrogens is 585 g/mol. The average molecular weight is 607 g/mol. The van der Waals surface area contributed by atoms with Crippen LogP contribution in [0.25, 0.3) is 6.08 Å². The maximum absolute atomic E-state index is 13.3. The number of para-hydroxylation sites is 1. The van der Waals surface area contributed by atoms with E-state index >= 15 is 0 Å². The van der Waals surface area contributed by atoms with Crippen LogP contribution >= 0.6 is 22.6 Å². The quantitative estimate of drug-likeness (QED) is 0.227. The maximum atomic E-state index is 13.3. The van der Waals surface area contributed by atoms with Crippen molar-refractivity contribution in [2.75, 3.05) is 11.5 Å². The monoisotopic (exact) mass is 607 g/mol. The second-order valence-corrected chi connectivity index (χ2v) is 9.23. The Labute approximate surface area is 227 Å². The van der Waals surface area contributed by atoms with E-state index in [1.807, 2.05) is 19.1 Å². The number of hydrogen-bond donors (Lipinski definition) is 1. The van der Waals surface area contributed by atoms with Crippen LogP contribution in [0, 0.1) is 21.8 Å². The summed E-state index contributed by atoms with van der Waals surface area (Å²) in [7, 11) is 0. The molecule has 0 aliphatic carbocycles. The SMILES string of the molecule is CCOc1cc(/C=C2\C(=O)NC(=O)N(c3ccccc3C)C2=O)cc(I)c1OCc1ccccc1C#N. The van der Waals surface area contributed by atoms with Gasteiger partial charge in [0.2, 0.25) is 0 Å². The predicted octanol–water partition coefficient (Wildman–Crippen LogP) is 5.12. The summed E-state index contributed by atoms with van der Waals surface area (Å²) in [5.74, 6) is -0.592. The molecule has 3 aromatic rings. The summed E-state index contributed by atoms with van der Waals surface area (Å²) in [6.07, 6.45) is 1.43. The van der Waals surface area contributed by atoms with Gasteiger partial charge in [-0.2, -0.15) is 5.26 Å². The third kappa shape index (κ3) is 5.49. The van der Waals surface area contributed by atoms with Crippen LogP contribution in [-0.2, 0) is 16.2 Å². The fourth-order valence-electron chi connectivity index (χ4n) is 3.84. The minimum Gasteiger partial charge on any atom is -0.490 e. The van der Waals surface area contributed by atoms with Crippen molar-refractivity contribution < 1.29 is 23.9 Å². The Balaban J connectivity index is 1.68. The number of benzene rings is 3. The smallest absolute Gasteiger partial charge is 0.335 e. The van der Waals surface area contributed by atoms with E-state index in [1.54, 1.807) is 55.5 Å². The summed E-state index contributed by atoms with van der Waals surface area (Å²) < 4.78 is 12.5. The molecular formula is C28H22IN3O5. The van der Waals surface area contributed by atoms with Crippen molar-refractivity contribution in [1.82, 2.24) is 5.32 Å². The number of nitrogens with zero attached hydrogens (tertiary/aromatic N) is 2. The number of anilines is 1. The minimum atomic E-state index is -0.799. The summed E-state index contributed by atoms with van der Waals surface area (Å²) in [5, 5.41) is 11.6. The van der Waals surface area contributed by atoms with Crippen molar-refractivity contribution >= 4 is 52.2 Å². The van der Waals surface area contributed by atoms with Crippen LogP contribution in [0.3, 0.4) is 0 Å². The standard InChI is InChI=1S/C28H22IN3O5/c1-3-36-24-14-18(13-22(29)25(24)37-16-20-10-6-5-9-19(20)15-30)12-21-26(33)31-28(35)32(27(21)34)23-11-7-4-8-17(23)2/h4-14H,3,16H2,1-2H3,(H,31,33,35)/b21-12+. The van der Waals surface area contributed by atoms with Gasteiger partial charge in [0.05, 0.1) is 27.5 Å². The molecule has 0 radical (unpaired) electrons. The molecule has 186 valence electrons. The predicted molar refractivity (Wildman–Crippen MR) is 146 cm³/mol. The van der Waals surface area contributed by atoms with Crippen LogP contribution < -0.4 is 19.7 Å². The Morgan fingerprint density at radius 3 is 2.51 bits per heavy atom. The van der Waals surface area contributed by atoms with Crippen molar-refractivity contribution in [1.29, 1.82) is 5.26 Å². The number of nitriles is 1. The van der Waals surface area contributed by atoms with Crippen LogP contribution in [0.1, 0.15) is 29.2 Å². The van der Waals surface area contributed by atoms with E-state index in [9.17, 15) is 19.6 Å². The lowest BCUT2D eigenvalue weighted by molar-refractivity contribution is -0.122. The molecule has 1 aliphatic heterocycles. The molecule has 8 nitrogen and oxygen atoms in total. The van der Waals surface area contributed by atoms with Gasteiger partial charge in [0.15, 0.2) is 11.5 Å². The Hall–Kier alpha value is -4.17. The number of rotatable bonds is 7. The van der Waals surface area contributed by atoms with Gasteiger partial charge in [-0.1, -0.05) is 36.4 Å². The Bertz CT molecular complexity index is 1470. The summed E-state index contributed by atoms with van der Waals surface area (Å²) in [4.78, 5) is 39.4. The summed E-state index contributed by atoms with van der Waals surface area (Å²) in [6, 6.07) is 18.9. The number of amides is 4. The highest BCUT2D eigenvalue weighted by Gasteiger charge is 2.37. The van der Waals surface area contributed by atoms with Gasteiger partial charge in [-0.3, -0.25) is 14.9 Å². The molecule has 0 aromatic heterocycles. The fraction of sp³-hybridized carbons (Fsp3) is 0.143. The molecule has 1 fully saturated rings. The van der Waals surface area contributed by atoms with E-state index < -0.39 is 17.8 Å². The van der Waals surface area contributed by atoms with E-state index in [1.165, 1.54) is 6.08 Å². The third-order valence-corrected chi connectivity index (χ3v) is 6.41. The molecule has 3 aromatic carbocycles. The van der Waals surface area contributed by atoms with Crippen LogP contribution in [0.15, 0.2) is 66.2 Å². The lowest BCUT2D eigenvalue weighted by Gasteiger charge is -2.27. The average Bonchev–Trinajstić information content (AvgIpc) is 2.87. The van der Waals surface area contributed by atoms with Gasteiger partial charge in [0, 0.05) is 5.56 Å². The van der Waals surface area contributed by atoms with Crippen molar-refractivity contribution in [3.8, 4) is 17.6 Å². The number of barbiturate groups is 1. The lowest BCUT2D eigenvalue weighted by Crippen LogP contribution is -2.54. The normalized spacial score (nSPS) is 14.4. The maximum Gasteiger partial charge on any atom is 0.335 e. The second-order valence-electron chi connectivity index (χ2n) is 8.06. The van der Waals surface area contributed by atoms with Crippen molar-refractivity contribution in [2.24, 2.45) is 0 Å². The number of halogens is 1. The summed E-state index contributed by atoms with van der Waals surface area (Å²) >= 11 is 2.09. The highest BCUT2D eigenvalue weighted by atomic mass is 127. The van der Waals surface area contributed by atoms with Crippen molar-refractivity contribution in [3.63, 3.8) is 0 Å². The van der Waals surface area contributed by atoms with E-state index in [0.29, 0.717) is 44.1 Å². The zero-order chi connectivity index (χ0) is 26.5. The van der Waals surface area contributed by atoms with Gasteiger partial charge in [0.25, 0.3) is 11.8 Å². The first kappa shape index (κ1) is 25.9. The molecule has 1 heterocycles. The first-order chi connectivity index (χ1) is 17.8. The van der Waals surface area contributed by atoms with Gasteiger partial charge in [-0.15, -0.1) is 0 Å². The molecule has 4 amide bonds. The van der Waals surface area contributed by atoms with E-state index in [0.717, 1.165) is 10.5 Å². The number of nitrogens with one attached hydrogen (secondary N) is 1. The van der Waals surface area contributed by atoms with Gasteiger partial charge in [-0.05, 0) is 77.9 Å². The number of carbonyl (C=O) groups is 3. The minimum absolute atomic E-state index is 0.161. The topological polar surface area (TPSA) is 109 Å². The Morgan fingerprint density at radius 2 is 1.78 bits per heavy atom. The van der Waals surface area contributed by atoms with Crippen LogP contribution in [0.5, 0.6) is 11.5 Å². The summed E-state index contributed by atoms with van der Waals surface area (Å²) in [6.45, 7) is 4.13. The number of urea groups is 1. The Morgan fingerprint density at radius 1 is 1.05 bits per heavy atom. The van der Waals surface area contributed by atoms with Crippen LogP contribution in [0.2, 0.25) is 0 Å².